The van der Waals surface area contributed by atoms with Crippen molar-refractivity contribution in [3.63, 3.8) is 0 Å². The minimum Gasteiger partial charge on any atom is -0.481 e. The summed E-state index contributed by atoms with van der Waals surface area (Å²) in [6.07, 6.45) is 6.82. The molecule has 0 spiro atoms. The van der Waals surface area contributed by atoms with Crippen LogP contribution in [0, 0.1) is 0 Å². The fourth-order valence-electron chi connectivity index (χ4n) is 2.30. The van der Waals surface area contributed by atoms with Gasteiger partial charge in [0.1, 0.15) is 0 Å². The van der Waals surface area contributed by atoms with E-state index in [2.05, 4.69) is 27.0 Å². The summed E-state index contributed by atoms with van der Waals surface area (Å²) < 4.78 is 5.31. The number of aromatic nitrogens is 1. The molecule has 0 N–H and O–H groups in total. The third kappa shape index (κ3) is 2.51. The van der Waals surface area contributed by atoms with Crippen molar-refractivity contribution in [1.82, 2.24) is 4.98 Å². The van der Waals surface area contributed by atoms with Crippen molar-refractivity contribution in [2.24, 2.45) is 0 Å². The number of pyridine rings is 1. The molecule has 0 saturated heterocycles. The molecule has 2 nitrogen and oxygen atoms in total. The Kier molecular flexibility index (Phi) is 3.62. The Morgan fingerprint density at radius 1 is 1.47 bits per heavy atom. The van der Waals surface area contributed by atoms with Crippen LogP contribution in [0.4, 0.5) is 0 Å². The smallest absolute Gasteiger partial charge is 0.216 e. The van der Waals surface area contributed by atoms with Gasteiger partial charge in [-0.15, -0.1) is 0 Å². The second-order valence-electron chi connectivity index (χ2n) is 4.06. The topological polar surface area (TPSA) is 22.1 Å². The molecule has 1 aliphatic carbocycles. The van der Waals surface area contributed by atoms with Gasteiger partial charge in [-0.25, -0.2) is 4.98 Å². The van der Waals surface area contributed by atoms with Crippen LogP contribution in [0.3, 0.4) is 0 Å². The predicted octanol–water partition coefficient (Wildman–Crippen LogP) is 3.51. The van der Waals surface area contributed by atoms with Gasteiger partial charge in [0.25, 0.3) is 0 Å². The van der Waals surface area contributed by atoms with Crippen molar-refractivity contribution in [1.29, 1.82) is 0 Å². The van der Waals surface area contributed by atoms with Crippen molar-refractivity contribution < 1.29 is 4.74 Å². The average Bonchev–Trinajstić information content (AvgIpc) is 2.29. The molecule has 1 saturated carbocycles. The van der Waals surface area contributed by atoms with Gasteiger partial charge in [0.15, 0.2) is 0 Å². The first-order valence-corrected chi connectivity index (χ1v) is 6.36. The summed E-state index contributed by atoms with van der Waals surface area (Å²) in [5, 5.41) is 0. The van der Waals surface area contributed by atoms with Crippen LogP contribution in [0.25, 0.3) is 0 Å². The van der Waals surface area contributed by atoms with Gasteiger partial charge < -0.3 is 4.74 Å². The second kappa shape index (κ2) is 4.97. The van der Waals surface area contributed by atoms with Gasteiger partial charge in [-0.3, -0.25) is 0 Å². The normalized spacial score (nSPS) is 26.3. The number of nitrogens with zero attached hydrogens (tertiary/aromatic N) is 1. The van der Waals surface area contributed by atoms with Crippen LogP contribution in [0.15, 0.2) is 18.3 Å². The van der Waals surface area contributed by atoms with Crippen molar-refractivity contribution in [3.8, 4) is 5.88 Å². The number of hydrogen-bond acceptors (Lipinski definition) is 2. The zero-order valence-corrected chi connectivity index (χ0v) is 10.5. The largest absolute Gasteiger partial charge is 0.481 e. The Labute approximate surface area is 99.2 Å². The lowest BCUT2D eigenvalue weighted by atomic mass is 9.84. The molecule has 82 valence electrons. The fourth-order valence-corrected chi connectivity index (χ4v) is 3.07. The van der Waals surface area contributed by atoms with E-state index in [0.717, 1.165) is 5.88 Å². The van der Waals surface area contributed by atoms with Crippen LogP contribution in [-0.4, -0.2) is 16.9 Å². The highest BCUT2D eigenvalue weighted by Gasteiger charge is 2.23. The standard InChI is InChI=1S/C12H16BrNO/c1-15-12-11(6-3-7-14-12)9-4-2-5-10(13)8-9/h3,6-7,9-10H,2,4-5,8H2,1H3. The first-order chi connectivity index (χ1) is 7.31. The van der Waals surface area contributed by atoms with E-state index in [1.54, 1.807) is 13.3 Å². The van der Waals surface area contributed by atoms with Crippen molar-refractivity contribution in [2.75, 3.05) is 7.11 Å². The summed E-state index contributed by atoms with van der Waals surface area (Å²) >= 11 is 3.71. The zero-order valence-electron chi connectivity index (χ0n) is 8.95. The molecule has 15 heavy (non-hydrogen) atoms. The van der Waals surface area contributed by atoms with Crippen molar-refractivity contribution in [2.45, 2.75) is 36.4 Å². The van der Waals surface area contributed by atoms with E-state index >= 15 is 0 Å². The maximum atomic E-state index is 5.31. The summed E-state index contributed by atoms with van der Waals surface area (Å²) in [6.45, 7) is 0. The van der Waals surface area contributed by atoms with Gasteiger partial charge in [-0.1, -0.05) is 28.4 Å². The van der Waals surface area contributed by atoms with Crippen LogP contribution >= 0.6 is 15.9 Å². The van der Waals surface area contributed by atoms with E-state index in [1.165, 1.54) is 31.2 Å². The van der Waals surface area contributed by atoms with E-state index in [4.69, 9.17) is 4.74 Å². The molecule has 1 fully saturated rings. The first kappa shape index (κ1) is 10.9. The van der Waals surface area contributed by atoms with Gasteiger partial charge >= 0.3 is 0 Å². The van der Waals surface area contributed by atoms with E-state index in [-0.39, 0.29) is 0 Å². The highest BCUT2D eigenvalue weighted by Crippen LogP contribution is 2.38. The van der Waals surface area contributed by atoms with Crippen LogP contribution in [-0.2, 0) is 0 Å². The molecule has 2 rings (SSSR count). The third-order valence-electron chi connectivity index (χ3n) is 3.04. The van der Waals surface area contributed by atoms with Crippen LogP contribution in [0.2, 0.25) is 0 Å². The Balaban J connectivity index is 2.20. The summed E-state index contributed by atoms with van der Waals surface area (Å²) in [7, 11) is 1.69. The Morgan fingerprint density at radius 3 is 3.07 bits per heavy atom. The average molecular weight is 270 g/mol. The summed E-state index contributed by atoms with van der Waals surface area (Å²) in [6, 6.07) is 4.14. The molecule has 1 aromatic rings. The fraction of sp³-hybridized carbons (Fsp3) is 0.583. The summed E-state index contributed by atoms with van der Waals surface area (Å²) in [5.74, 6) is 1.40. The molecular formula is C12H16BrNO. The number of ether oxygens (including phenoxy) is 1. The maximum absolute atomic E-state index is 5.31. The molecule has 0 aliphatic heterocycles. The minimum absolute atomic E-state index is 0.603. The summed E-state index contributed by atoms with van der Waals surface area (Å²) in [4.78, 5) is 4.91. The van der Waals surface area contributed by atoms with Crippen molar-refractivity contribution >= 4 is 15.9 Å². The number of rotatable bonds is 2. The molecular weight excluding hydrogens is 254 g/mol. The van der Waals surface area contributed by atoms with Crippen LogP contribution in [0.5, 0.6) is 5.88 Å². The summed E-state index contributed by atoms with van der Waals surface area (Å²) in [5.41, 5.74) is 1.27. The van der Waals surface area contributed by atoms with Crippen LogP contribution < -0.4 is 4.74 Å². The van der Waals surface area contributed by atoms with Gasteiger partial charge in [-0.05, 0) is 31.2 Å². The van der Waals surface area contributed by atoms with Gasteiger partial charge in [0.2, 0.25) is 5.88 Å². The molecule has 2 unspecified atom stereocenters. The quantitative estimate of drug-likeness (QED) is 0.767. The monoisotopic (exact) mass is 269 g/mol. The van der Waals surface area contributed by atoms with E-state index < -0.39 is 0 Å². The molecule has 1 heterocycles. The number of hydrogen-bond donors (Lipinski definition) is 0. The zero-order chi connectivity index (χ0) is 10.7. The molecule has 0 radical (unpaired) electrons. The van der Waals surface area contributed by atoms with E-state index in [1.807, 2.05) is 6.07 Å². The second-order valence-corrected chi connectivity index (χ2v) is 5.36. The molecule has 0 bridgehead atoms. The Hall–Kier alpha value is -0.570. The molecule has 0 amide bonds. The number of alkyl halides is 1. The predicted molar refractivity (Wildman–Crippen MR) is 64.7 cm³/mol. The lowest BCUT2D eigenvalue weighted by Gasteiger charge is -2.26. The molecule has 2 atom stereocenters. The lowest BCUT2D eigenvalue weighted by molar-refractivity contribution is 0.376. The SMILES string of the molecule is COc1ncccc1C1CCCC(Br)C1. The molecule has 0 aromatic carbocycles. The first-order valence-electron chi connectivity index (χ1n) is 5.44. The highest BCUT2D eigenvalue weighted by molar-refractivity contribution is 9.09. The minimum atomic E-state index is 0.603. The molecule has 1 aromatic heterocycles. The number of methoxy groups -OCH3 is 1. The maximum Gasteiger partial charge on any atom is 0.216 e. The lowest BCUT2D eigenvalue weighted by Crippen LogP contribution is -2.14. The Morgan fingerprint density at radius 2 is 2.33 bits per heavy atom. The third-order valence-corrected chi connectivity index (χ3v) is 3.88. The highest BCUT2D eigenvalue weighted by atomic mass is 79.9. The van der Waals surface area contributed by atoms with Gasteiger partial charge in [-0.2, -0.15) is 0 Å². The Bertz CT molecular complexity index is 329. The van der Waals surface area contributed by atoms with Gasteiger partial charge in [0.05, 0.1) is 7.11 Å². The van der Waals surface area contributed by atoms with Crippen molar-refractivity contribution in [3.05, 3.63) is 23.9 Å². The van der Waals surface area contributed by atoms with E-state index in [0.29, 0.717) is 10.7 Å². The van der Waals surface area contributed by atoms with E-state index in [9.17, 15) is 0 Å². The number of halogens is 1. The molecule has 3 heteroatoms. The van der Waals surface area contributed by atoms with Crippen LogP contribution in [0.1, 0.15) is 37.2 Å². The van der Waals surface area contributed by atoms with Gasteiger partial charge in [0, 0.05) is 16.6 Å². The molecule has 1 aliphatic rings.